The molecule has 0 bridgehead atoms. The summed E-state index contributed by atoms with van der Waals surface area (Å²) in [6.07, 6.45) is 2.58. The first-order chi connectivity index (χ1) is 17.4. The van der Waals surface area contributed by atoms with Gasteiger partial charge in [0.05, 0.1) is 4.88 Å². The fraction of sp³-hybridized carbons (Fsp3) is 0.323. The van der Waals surface area contributed by atoms with Crippen LogP contribution >= 0.6 is 11.3 Å². The Morgan fingerprint density at radius 1 is 0.889 bits per heavy atom. The Hall–Kier alpha value is -3.15. The monoisotopic (exact) mass is 499 g/mol. The van der Waals surface area contributed by atoms with Crippen LogP contribution in [0.5, 0.6) is 11.5 Å². The number of fused-ring (bicyclic) bond motifs is 1. The number of benzene rings is 3. The molecule has 0 amide bonds. The van der Waals surface area contributed by atoms with Crippen molar-refractivity contribution < 1.29 is 14.3 Å². The predicted octanol–water partition coefficient (Wildman–Crippen LogP) is 7.45. The third-order valence-corrected chi connectivity index (χ3v) is 7.53. The van der Waals surface area contributed by atoms with Gasteiger partial charge in [-0.25, -0.2) is 0 Å². The lowest BCUT2D eigenvalue weighted by Gasteiger charge is -2.21. The largest absolute Gasteiger partial charge is 0.492 e. The minimum Gasteiger partial charge on any atom is -0.492 e. The van der Waals surface area contributed by atoms with Crippen LogP contribution in [-0.4, -0.2) is 42.5 Å². The number of ether oxygens (including phenoxy) is 2. The van der Waals surface area contributed by atoms with Crippen LogP contribution in [0, 0.1) is 0 Å². The third kappa shape index (κ3) is 5.63. The molecule has 3 aromatic carbocycles. The van der Waals surface area contributed by atoms with Gasteiger partial charge in [-0.15, -0.1) is 11.3 Å². The second-order valence-electron chi connectivity index (χ2n) is 10.3. The second kappa shape index (κ2) is 10.5. The molecule has 0 N–H and O–H groups in total. The van der Waals surface area contributed by atoms with Crippen LogP contribution in [0.25, 0.3) is 21.2 Å². The lowest BCUT2D eigenvalue weighted by Crippen LogP contribution is -2.25. The summed E-state index contributed by atoms with van der Waals surface area (Å²) in [6, 6.07) is 23.8. The van der Waals surface area contributed by atoms with Crippen LogP contribution in [0.2, 0.25) is 0 Å². The number of likely N-dealkylation sites (tertiary alicyclic amines) is 1. The van der Waals surface area contributed by atoms with Gasteiger partial charge in [-0.3, -0.25) is 9.69 Å². The zero-order chi connectivity index (χ0) is 25.1. The molecular formula is C31H33NO3S. The van der Waals surface area contributed by atoms with Crippen molar-refractivity contribution in [2.45, 2.75) is 39.2 Å². The molecule has 0 radical (unpaired) electrons. The first kappa shape index (κ1) is 24.5. The lowest BCUT2D eigenvalue weighted by atomic mass is 9.98. The van der Waals surface area contributed by atoms with Crippen molar-refractivity contribution in [3.8, 4) is 22.6 Å². The predicted molar refractivity (Wildman–Crippen MR) is 149 cm³/mol. The summed E-state index contributed by atoms with van der Waals surface area (Å²) in [5.41, 5.74) is 2.38. The molecule has 1 aliphatic heterocycles. The van der Waals surface area contributed by atoms with Crippen LogP contribution in [-0.2, 0) is 0 Å². The van der Waals surface area contributed by atoms with Crippen LogP contribution in [0.15, 0.2) is 72.8 Å². The SMILES string of the molecule is CC(C)(C)Oc1ccc(C(=O)c2sc3ccccc3c2-c2ccc(OCCN3CCCC3)cc2)cc1. The Morgan fingerprint density at radius 2 is 1.56 bits per heavy atom. The summed E-state index contributed by atoms with van der Waals surface area (Å²) in [4.78, 5) is 16.9. The smallest absolute Gasteiger partial charge is 0.203 e. The Bertz CT molecular complexity index is 1330. The second-order valence-corrected chi connectivity index (χ2v) is 11.3. The van der Waals surface area contributed by atoms with Crippen molar-refractivity contribution >= 4 is 27.2 Å². The van der Waals surface area contributed by atoms with Gasteiger partial charge in [-0.1, -0.05) is 30.3 Å². The maximum atomic E-state index is 13.7. The molecule has 0 aliphatic carbocycles. The summed E-state index contributed by atoms with van der Waals surface area (Å²) in [5, 5.41) is 1.10. The van der Waals surface area contributed by atoms with Gasteiger partial charge in [0.15, 0.2) is 0 Å². The fourth-order valence-electron chi connectivity index (χ4n) is 4.67. The average Bonchev–Trinajstić information content (AvgIpc) is 3.52. The van der Waals surface area contributed by atoms with Crippen molar-refractivity contribution in [3.05, 3.63) is 83.2 Å². The van der Waals surface area contributed by atoms with Gasteiger partial charge in [0.25, 0.3) is 0 Å². The van der Waals surface area contributed by atoms with Crippen molar-refractivity contribution in [1.29, 1.82) is 0 Å². The van der Waals surface area contributed by atoms with E-state index in [-0.39, 0.29) is 11.4 Å². The minimum atomic E-state index is -0.284. The van der Waals surface area contributed by atoms with Gasteiger partial charge in [0.1, 0.15) is 23.7 Å². The Kier molecular flexibility index (Phi) is 7.13. The molecule has 5 heteroatoms. The average molecular weight is 500 g/mol. The maximum absolute atomic E-state index is 13.7. The zero-order valence-electron chi connectivity index (χ0n) is 21.3. The summed E-state index contributed by atoms with van der Waals surface area (Å²) >= 11 is 1.55. The number of thiophene rings is 1. The van der Waals surface area contributed by atoms with Gasteiger partial charge in [0, 0.05) is 27.8 Å². The molecule has 186 valence electrons. The molecule has 4 aromatic rings. The van der Waals surface area contributed by atoms with Crippen molar-refractivity contribution in [2.75, 3.05) is 26.2 Å². The summed E-state index contributed by atoms with van der Waals surface area (Å²) < 4.78 is 13.0. The third-order valence-electron chi connectivity index (χ3n) is 6.36. The molecule has 1 fully saturated rings. The van der Waals surface area contributed by atoms with E-state index in [9.17, 15) is 4.79 Å². The van der Waals surface area contributed by atoms with Gasteiger partial charge >= 0.3 is 0 Å². The topological polar surface area (TPSA) is 38.8 Å². The van der Waals surface area contributed by atoms with Crippen LogP contribution in [0.4, 0.5) is 0 Å². The molecule has 0 spiro atoms. The number of hydrogen-bond acceptors (Lipinski definition) is 5. The zero-order valence-corrected chi connectivity index (χ0v) is 22.1. The van der Waals surface area contributed by atoms with Crippen LogP contribution in [0.1, 0.15) is 48.8 Å². The Balaban J connectivity index is 1.39. The number of carbonyl (C=O) groups excluding carboxylic acids is 1. The molecule has 1 aliphatic rings. The number of rotatable bonds is 8. The molecule has 36 heavy (non-hydrogen) atoms. The number of carbonyl (C=O) groups is 1. The summed E-state index contributed by atoms with van der Waals surface area (Å²) in [5.74, 6) is 1.65. The molecule has 2 heterocycles. The van der Waals surface area contributed by atoms with Gasteiger partial charge < -0.3 is 9.47 Å². The standard InChI is InChI=1S/C31H33NO3S/c1-31(2,3)35-25-16-12-23(13-17-25)29(33)30-28(26-8-4-5-9-27(26)36-30)22-10-14-24(15-11-22)34-21-20-32-18-6-7-19-32/h4-5,8-17H,6-7,18-21H2,1-3H3. The van der Waals surface area contributed by atoms with E-state index >= 15 is 0 Å². The van der Waals surface area contributed by atoms with Crippen molar-refractivity contribution in [3.63, 3.8) is 0 Å². The van der Waals surface area contributed by atoms with E-state index in [0.717, 1.165) is 44.1 Å². The van der Waals surface area contributed by atoms with E-state index in [4.69, 9.17) is 9.47 Å². The van der Waals surface area contributed by atoms with E-state index in [1.165, 1.54) is 25.9 Å². The first-order valence-corrected chi connectivity index (χ1v) is 13.5. The van der Waals surface area contributed by atoms with Crippen LogP contribution in [0.3, 0.4) is 0 Å². The highest BCUT2D eigenvalue weighted by molar-refractivity contribution is 7.21. The van der Waals surface area contributed by atoms with Crippen molar-refractivity contribution in [2.24, 2.45) is 0 Å². The number of nitrogens with zero attached hydrogens (tertiary/aromatic N) is 1. The van der Waals surface area contributed by atoms with Gasteiger partial charge in [0.2, 0.25) is 5.78 Å². The van der Waals surface area contributed by atoms with E-state index in [1.54, 1.807) is 11.3 Å². The molecule has 5 rings (SSSR count). The van der Waals surface area contributed by atoms with Crippen molar-refractivity contribution in [1.82, 2.24) is 4.90 Å². The first-order valence-electron chi connectivity index (χ1n) is 12.7. The van der Waals surface area contributed by atoms with E-state index in [0.29, 0.717) is 12.2 Å². The lowest BCUT2D eigenvalue weighted by molar-refractivity contribution is 0.104. The summed E-state index contributed by atoms with van der Waals surface area (Å²) in [6.45, 7) is 10.1. The van der Waals surface area contributed by atoms with E-state index < -0.39 is 0 Å². The molecule has 0 saturated carbocycles. The normalized spacial score (nSPS) is 14.3. The van der Waals surface area contributed by atoms with Gasteiger partial charge in [-0.05, 0) is 94.7 Å². The van der Waals surface area contributed by atoms with Crippen LogP contribution < -0.4 is 9.47 Å². The molecular weight excluding hydrogens is 466 g/mol. The highest BCUT2D eigenvalue weighted by atomic mass is 32.1. The molecule has 1 saturated heterocycles. The highest BCUT2D eigenvalue weighted by Crippen LogP contribution is 2.40. The highest BCUT2D eigenvalue weighted by Gasteiger charge is 2.21. The Labute approximate surface area is 217 Å². The van der Waals surface area contributed by atoms with Gasteiger partial charge in [-0.2, -0.15) is 0 Å². The fourth-order valence-corrected chi connectivity index (χ4v) is 5.85. The maximum Gasteiger partial charge on any atom is 0.203 e. The number of hydrogen-bond donors (Lipinski definition) is 0. The number of ketones is 1. The van der Waals surface area contributed by atoms with E-state index in [2.05, 4.69) is 29.2 Å². The molecule has 0 unspecified atom stereocenters. The minimum absolute atomic E-state index is 0.0273. The molecule has 0 atom stereocenters. The molecule has 1 aromatic heterocycles. The Morgan fingerprint density at radius 3 is 2.25 bits per heavy atom. The van der Waals surface area contributed by atoms with E-state index in [1.807, 2.05) is 69.3 Å². The summed E-state index contributed by atoms with van der Waals surface area (Å²) in [7, 11) is 0. The quantitative estimate of drug-likeness (QED) is 0.236. The molecule has 4 nitrogen and oxygen atoms in total.